The van der Waals surface area contributed by atoms with Crippen molar-refractivity contribution >= 4 is 21.9 Å². The minimum Gasteiger partial charge on any atom is -0.499 e. The molecule has 0 amide bonds. The van der Waals surface area contributed by atoms with Gasteiger partial charge in [0.2, 0.25) is 0 Å². The molecule has 5 heteroatoms. The molecule has 0 N–H and O–H groups in total. The average Bonchev–Trinajstić information content (AvgIpc) is 3.30. The van der Waals surface area contributed by atoms with Crippen LogP contribution in [0.1, 0.15) is 11.1 Å². The third-order valence-corrected chi connectivity index (χ3v) is 5.40. The van der Waals surface area contributed by atoms with Crippen LogP contribution in [0.4, 0.5) is 0 Å². The van der Waals surface area contributed by atoms with Crippen LogP contribution in [-0.4, -0.2) is 9.97 Å². The zero-order valence-electron chi connectivity index (χ0n) is 18.8. The fourth-order valence-electron chi connectivity index (χ4n) is 3.73. The number of hydrogen-bond donors (Lipinski definition) is 0. The van der Waals surface area contributed by atoms with E-state index in [9.17, 15) is 5.26 Å². The fourth-order valence-corrected chi connectivity index (χ4v) is 3.73. The summed E-state index contributed by atoms with van der Waals surface area (Å²) in [6.45, 7) is 2.03. The Morgan fingerprint density at radius 3 is 2.34 bits per heavy atom. The molecule has 6 aromatic rings. The fraction of sp³-hybridized carbons (Fsp3) is 0.0333. The smallest absolute Gasteiger partial charge is 0.138 e. The molecule has 0 aliphatic rings. The van der Waals surface area contributed by atoms with E-state index in [1.165, 1.54) is 5.56 Å². The molecule has 1 radical (unpaired) electrons. The number of rotatable bonds is 2. The summed E-state index contributed by atoms with van der Waals surface area (Å²) in [6, 6.07) is 35.6. The molecule has 3 heterocycles. The first-order chi connectivity index (χ1) is 16.7. The molecule has 0 aliphatic heterocycles. The first kappa shape index (κ1) is 24.0. The Morgan fingerprint density at radius 2 is 1.63 bits per heavy atom. The van der Waals surface area contributed by atoms with Gasteiger partial charge in [-0.25, -0.2) is 0 Å². The second-order valence-electron chi connectivity index (χ2n) is 7.70. The van der Waals surface area contributed by atoms with E-state index in [0.29, 0.717) is 16.7 Å². The van der Waals surface area contributed by atoms with Crippen molar-refractivity contribution in [3.8, 4) is 28.6 Å². The summed E-state index contributed by atoms with van der Waals surface area (Å²) < 4.78 is 5.97. The van der Waals surface area contributed by atoms with Gasteiger partial charge in [0.15, 0.2) is 0 Å². The molecular formula is C30H19IrN3O-2. The summed E-state index contributed by atoms with van der Waals surface area (Å²) in [7, 11) is 0. The number of furan rings is 1. The number of pyridine rings is 2. The van der Waals surface area contributed by atoms with Crippen LogP contribution < -0.4 is 0 Å². The summed E-state index contributed by atoms with van der Waals surface area (Å²) in [6.07, 6.45) is 3.61. The Hall–Kier alpha value is -4.10. The van der Waals surface area contributed by atoms with Crippen molar-refractivity contribution in [2.75, 3.05) is 0 Å². The molecule has 0 saturated carbocycles. The Morgan fingerprint density at radius 1 is 0.771 bits per heavy atom. The van der Waals surface area contributed by atoms with Gasteiger partial charge in [-0.3, -0.25) is 0 Å². The summed E-state index contributed by atoms with van der Waals surface area (Å²) in [5, 5.41) is 11.1. The van der Waals surface area contributed by atoms with Crippen molar-refractivity contribution in [1.29, 1.82) is 5.26 Å². The van der Waals surface area contributed by atoms with Crippen LogP contribution in [-0.2, 0) is 20.1 Å². The van der Waals surface area contributed by atoms with Gasteiger partial charge in [0.25, 0.3) is 0 Å². The van der Waals surface area contributed by atoms with Gasteiger partial charge < -0.3 is 14.4 Å². The number of hydrogen-bond acceptors (Lipinski definition) is 4. The maximum atomic E-state index is 9.22. The van der Waals surface area contributed by atoms with E-state index in [1.807, 2.05) is 85.9 Å². The van der Waals surface area contributed by atoms with Gasteiger partial charge in [0.05, 0.1) is 11.1 Å². The largest absolute Gasteiger partial charge is 0.499 e. The number of benzene rings is 3. The third kappa shape index (κ3) is 5.05. The van der Waals surface area contributed by atoms with Crippen LogP contribution in [0.25, 0.3) is 44.5 Å². The van der Waals surface area contributed by atoms with Gasteiger partial charge in [0.1, 0.15) is 11.7 Å². The van der Waals surface area contributed by atoms with Crippen LogP contribution in [0.2, 0.25) is 0 Å². The van der Waals surface area contributed by atoms with Crippen LogP contribution in [0.5, 0.6) is 0 Å². The molecule has 35 heavy (non-hydrogen) atoms. The van der Waals surface area contributed by atoms with E-state index in [0.717, 1.165) is 33.3 Å². The number of fused-ring (bicyclic) bond motifs is 3. The summed E-state index contributed by atoms with van der Waals surface area (Å²) in [4.78, 5) is 8.67. The Bertz CT molecular complexity index is 1600. The van der Waals surface area contributed by atoms with Gasteiger partial charge in [-0.15, -0.1) is 54.1 Å². The standard InChI is InChI=1S/C18H9N2O.C12H10N.Ir/c19-11-12-5-3-6-13-14-7-4-8-15(18(14)21-17(12)13)16-9-1-2-10-20-16;1-10-7-8-12(13-9-10)11-5-3-2-4-6-11;/h1-7,9-10H;2-5,7-9H,1H3;/q2*-1;. The van der Waals surface area contributed by atoms with E-state index in [4.69, 9.17) is 4.42 Å². The monoisotopic (exact) mass is 630 g/mol. The summed E-state index contributed by atoms with van der Waals surface area (Å²) in [5.41, 5.74) is 6.69. The zero-order valence-corrected chi connectivity index (χ0v) is 21.2. The third-order valence-electron chi connectivity index (χ3n) is 5.40. The number of nitriles is 1. The van der Waals surface area contributed by atoms with Gasteiger partial charge in [-0.05, 0) is 36.0 Å². The zero-order chi connectivity index (χ0) is 23.3. The van der Waals surface area contributed by atoms with E-state index in [1.54, 1.807) is 12.3 Å². The van der Waals surface area contributed by atoms with Crippen LogP contribution in [0, 0.1) is 30.4 Å². The first-order valence-corrected chi connectivity index (χ1v) is 10.8. The molecule has 0 bridgehead atoms. The van der Waals surface area contributed by atoms with Crippen molar-refractivity contribution in [3.63, 3.8) is 0 Å². The van der Waals surface area contributed by atoms with E-state index >= 15 is 0 Å². The number of para-hydroxylation sites is 1. The molecule has 0 fully saturated rings. The van der Waals surface area contributed by atoms with E-state index < -0.39 is 0 Å². The second-order valence-corrected chi connectivity index (χ2v) is 7.70. The molecule has 6 rings (SSSR count). The molecule has 0 atom stereocenters. The second kappa shape index (κ2) is 10.9. The van der Waals surface area contributed by atoms with Crippen molar-refractivity contribution in [2.45, 2.75) is 6.92 Å². The maximum Gasteiger partial charge on any atom is 0.138 e. The Balaban J connectivity index is 0.000000179. The number of aryl methyl sites for hydroxylation is 1. The Labute approximate surface area is 217 Å². The molecule has 0 aliphatic carbocycles. The predicted octanol–water partition coefficient (Wildman–Crippen LogP) is 7.17. The normalized spacial score (nSPS) is 10.2. The molecule has 171 valence electrons. The van der Waals surface area contributed by atoms with Crippen LogP contribution in [0.15, 0.2) is 102 Å². The van der Waals surface area contributed by atoms with Crippen LogP contribution >= 0.6 is 0 Å². The minimum absolute atomic E-state index is 0. The molecule has 0 spiro atoms. The van der Waals surface area contributed by atoms with Gasteiger partial charge in [-0.2, -0.15) is 5.26 Å². The molecule has 0 saturated heterocycles. The summed E-state index contributed by atoms with van der Waals surface area (Å²) in [5.74, 6) is 0. The first-order valence-electron chi connectivity index (χ1n) is 10.8. The average molecular weight is 630 g/mol. The minimum atomic E-state index is 0. The summed E-state index contributed by atoms with van der Waals surface area (Å²) >= 11 is 0. The van der Waals surface area contributed by atoms with E-state index in [2.05, 4.69) is 34.2 Å². The molecule has 3 aromatic carbocycles. The molecule has 3 aromatic heterocycles. The number of aromatic nitrogens is 2. The van der Waals surface area contributed by atoms with Crippen molar-refractivity contribution in [3.05, 3.63) is 121 Å². The molecule has 4 nitrogen and oxygen atoms in total. The van der Waals surface area contributed by atoms with Gasteiger partial charge >= 0.3 is 0 Å². The Kier molecular flexibility index (Phi) is 7.47. The quantitative estimate of drug-likeness (QED) is 0.191. The maximum absolute atomic E-state index is 9.22. The van der Waals surface area contributed by atoms with E-state index in [-0.39, 0.29) is 20.1 Å². The number of nitrogens with zero attached hydrogens (tertiary/aromatic N) is 3. The predicted molar refractivity (Wildman–Crippen MR) is 134 cm³/mol. The topological polar surface area (TPSA) is 62.7 Å². The van der Waals surface area contributed by atoms with Gasteiger partial charge in [0, 0.05) is 37.9 Å². The van der Waals surface area contributed by atoms with Crippen molar-refractivity contribution in [1.82, 2.24) is 9.97 Å². The van der Waals surface area contributed by atoms with Crippen LogP contribution in [0.3, 0.4) is 0 Å². The molecular weight excluding hydrogens is 611 g/mol. The van der Waals surface area contributed by atoms with Gasteiger partial charge in [-0.1, -0.05) is 47.3 Å². The SMILES string of the molecule is Cc1ccc(-c2[c-]cccc2)nc1.N#Cc1cccc2c1oc1c(-c3ccccn3)[c-]ccc12.[Ir]. The van der Waals surface area contributed by atoms with Crippen molar-refractivity contribution in [2.24, 2.45) is 0 Å². The van der Waals surface area contributed by atoms with Crippen molar-refractivity contribution < 1.29 is 24.5 Å². The molecule has 0 unspecified atom stereocenters.